The summed E-state index contributed by atoms with van der Waals surface area (Å²) < 4.78 is 0. The molecule has 0 radical (unpaired) electrons. The number of rotatable bonds is 2. The van der Waals surface area contributed by atoms with E-state index in [0.29, 0.717) is 16.7 Å². The van der Waals surface area contributed by atoms with Crippen LogP contribution in [0.2, 0.25) is 0 Å². The first kappa shape index (κ1) is 13.8. The number of carbonyl (C=O) groups excluding carboxylic acids is 1. The van der Waals surface area contributed by atoms with Gasteiger partial charge in [0.25, 0.3) is 5.91 Å². The Bertz CT molecular complexity index is 528. The molecule has 6 heteroatoms. The number of hydrogen-bond donors (Lipinski definition) is 3. The predicted octanol–water partition coefficient (Wildman–Crippen LogP) is 2.35. The van der Waals surface area contributed by atoms with Crippen LogP contribution in [0.25, 0.3) is 0 Å². The fourth-order valence-corrected chi connectivity index (χ4v) is 4.26. The van der Waals surface area contributed by atoms with E-state index in [9.17, 15) is 4.79 Å². The van der Waals surface area contributed by atoms with Crippen molar-refractivity contribution in [3.05, 3.63) is 21.9 Å². The third-order valence-electron chi connectivity index (χ3n) is 4.34. The standard InChI is InChI=1S/C14H19N3OS2/c1-8-4-11(7-20-8)13(18)16-17-14(19)15-12-6-9-2-3-10(12)5-9/h4,7,9-10,12H,2-3,5-6H2,1H3,(H,16,18)(H2,15,17,19)/t9-,10-,12-/m1/s1. The quantitative estimate of drug-likeness (QED) is 0.580. The van der Waals surface area contributed by atoms with Crippen molar-refractivity contribution >= 4 is 34.6 Å². The van der Waals surface area contributed by atoms with Crippen molar-refractivity contribution in [1.82, 2.24) is 16.2 Å². The summed E-state index contributed by atoms with van der Waals surface area (Å²) in [5.41, 5.74) is 6.12. The smallest absolute Gasteiger partial charge is 0.270 e. The molecule has 0 spiro atoms. The Labute approximate surface area is 128 Å². The van der Waals surface area contributed by atoms with Gasteiger partial charge in [0.1, 0.15) is 0 Å². The maximum atomic E-state index is 11.9. The maximum absolute atomic E-state index is 11.9. The van der Waals surface area contributed by atoms with Crippen LogP contribution in [0, 0.1) is 18.8 Å². The second-order valence-corrected chi connectivity index (χ2v) is 7.30. The van der Waals surface area contributed by atoms with Gasteiger partial charge in [0, 0.05) is 16.3 Å². The van der Waals surface area contributed by atoms with Gasteiger partial charge >= 0.3 is 0 Å². The van der Waals surface area contributed by atoms with Crippen molar-refractivity contribution in [1.29, 1.82) is 0 Å². The number of aryl methyl sites for hydroxylation is 1. The van der Waals surface area contributed by atoms with Crippen LogP contribution in [0.4, 0.5) is 0 Å². The summed E-state index contributed by atoms with van der Waals surface area (Å²) >= 11 is 6.81. The molecule has 108 valence electrons. The number of nitrogens with one attached hydrogen (secondary N) is 3. The van der Waals surface area contributed by atoms with Crippen LogP contribution in [-0.4, -0.2) is 17.1 Å². The maximum Gasteiger partial charge on any atom is 0.270 e. The van der Waals surface area contributed by atoms with Crippen molar-refractivity contribution < 1.29 is 4.79 Å². The van der Waals surface area contributed by atoms with Gasteiger partial charge in [0.2, 0.25) is 0 Å². The number of hydrazine groups is 1. The van der Waals surface area contributed by atoms with Crippen LogP contribution in [0.3, 0.4) is 0 Å². The fraction of sp³-hybridized carbons (Fsp3) is 0.571. The van der Waals surface area contributed by atoms with Gasteiger partial charge in [-0.15, -0.1) is 11.3 Å². The SMILES string of the molecule is Cc1cc(C(=O)NNC(=S)N[C@@H]2C[C@@H]3CC[C@@H]2C3)cs1. The van der Waals surface area contributed by atoms with E-state index in [1.165, 1.54) is 25.7 Å². The summed E-state index contributed by atoms with van der Waals surface area (Å²) in [5, 5.41) is 5.69. The number of thiocarbonyl (C=S) groups is 1. The minimum Gasteiger partial charge on any atom is -0.358 e. The van der Waals surface area contributed by atoms with Gasteiger partial charge in [0.15, 0.2) is 5.11 Å². The molecule has 2 saturated carbocycles. The second kappa shape index (κ2) is 5.69. The lowest BCUT2D eigenvalue weighted by Crippen LogP contribution is -2.50. The monoisotopic (exact) mass is 309 g/mol. The van der Waals surface area contributed by atoms with Crippen LogP contribution >= 0.6 is 23.6 Å². The molecule has 0 unspecified atom stereocenters. The van der Waals surface area contributed by atoms with E-state index in [1.54, 1.807) is 11.3 Å². The topological polar surface area (TPSA) is 53.2 Å². The van der Waals surface area contributed by atoms with Crippen LogP contribution in [0.5, 0.6) is 0 Å². The summed E-state index contributed by atoms with van der Waals surface area (Å²) in [6.45, 7) is 1.98. The van der Waals surface area contributed by atoms with Gasteiger partial charge in [-0.25, -0.2) is 0 Å². The zero-order valence-corrected chi connectivity index (χ0v) is 13.1. The summed E-state index contributed by atoms with van der Waals surface area (Å²) in [4.78, 5) is 13.0. The Morgan fingerprint density at radius 1 is 1.35 bits per heavy atom. The molecule has 3 atom stereocenters. The van der Waals surface area contributed by atoms with E-state index in [1.807, 2.05) is 18.4 Å². The van der Waals surface area contributed by atoms with Crippen LogP contribution in [0.1, 0.15) is 40.9 Å². The lowest BCUT2D eigenvalue weighted by molar-refractivity contribution is 0.0944. The van der Waals surface area contributed by atoms with E-state index in [0.717, 1.165) is 16.7 Å². The first-order valence-electron chi connectivity index (χ1n) is 7.04. The molecular formula is C14H19N3OS2. The third-order valence-corrected chi connectivity index (χ3v) is 5.42. The Balaban J connectivity index is 1.44. The van der Waals surface area contributed by atoms with Gasteiger partial charge in [0.05, 0.1) is 5.56 Å². The van der Waals surface area contributed by atoms with Gasteiger partial charge in [-0.1, -0.05) is 6.42 Å². The number of fused-ring (bicyclic) bond motifs is 2. The Morgan fingerprint density at radius 2 is 2.20 bits per heavy atom. The van der Waals surface area contributed by atoms with Crippen molar-refractivity contribution in [3.8, 4) is 0 Å². The van der Waals surface area contributed by atoms with E-state index < -0.39 is 0 Å². The lowest BCUT2D eigenvalue weighted by Gasteiger charge is -2.24. The predicted molar refractivity (Wildman–Crippen MR) is 84.6 cm³/mol. The van der Waals surface area contributed by atoms with E-state index in [2.05, 4.69) is 16.2 Å². The second-order valence-electron chi connectivity index (χ2n) is 5.78. The number of hydrogen-bond acceptors (Lipinski definition) is 3. The normalized spacial score (nSPS) is 27.4. The summed E-state index contributed by atoms with van der Waals surface area (Å²) in [6, 6.07) is 2.35. The lowest BCUT2D eigenvalue weighted by atomic mass is 9.96. The van der Waals surface area contributed by atoms with Crippen molar-refractivity contribution in [2.24, 2.45) is 11.8 Å². The first-order valence-corrected chi connectivity index (χ1v) is 8.32. The highest BCUT2D eigenvalue weighted by Gasteiger charge is 2.39. The van der Waals surface area contributed by atoms with Gasteiger partial charge < -0.3 is 5.32 Å². The molecule has 4 nitrogen and oxygen atoms in total. The molecule has 0 aliphatic heterocycles. The van der Waals surface area contributed by atoms with Gasteiger partial charge in [-0.05, 0) is 56.3 Å². The molecule has 1 amide bonds. The average molecular weight is 309 g/mol. The largest absolute Gasteiger partial charge is 0.358 e. The van der Waals surface area contributed by atoms with Crippen molar-refractivity contribution in [2.45, 2.75) is 38.6 Å². The highest BCUT2D eigenvalue weighted by atomic mass is 32.1. The highest BCUT2D eigenvalue weighted by molar-refractivity contribution is 7.80. The fourth-order valence-electron chi connectivity index (χ4n) is 3.37. The molecular weight excluding hydrogens is 290 g/mol. The molecule has 2 aliphatic rings. The molecule has 2 bridgehead atoms. The number of amides is 1. The van der Waals surface area contributed by atoms with Gasteiger partial charge in [-0.3, -0.25) is 15.6 Å². The van der Waals surface area contributed by atoms with Crippen molar-refractivity contribution in [3.63, 3.8) is 0 Å². The third kappa shape index (κ3) is 2.96. The highest BCUT2D eigenvalue weighted by Crippen LogP contribution is 2.44. The Morgan fingerprint density at radius 3 is 2.80 bits per heavy atom. The zero-order valence-electron chi connectivity index (χ0n) is 11.4. The number of thiophene rings is 1. The summed E-state index contributed by atoms with van der Waals surface area (Å²) in [6.07, 6.45) is 5.23. The Hall–Kier alpha value is -1.14. The van der Waals surface area contributed by atoms with Crippen LogP contribution < -0.4 is 16.2 Å². The molecule has 20 heavy (non-hydrogen) atoms. The van der Waals surface area contributed by atoms with Crippen LogP contribution in [0.15, 0.2) is 11.4 Å². The molecule has 1 aromatic rings. The van der Waals surface area contributed by atoms with E-state index >= 15 is 0 Å². The Kier molecular flexibility index (Phi) is 3.94. The number of carbonyl (C=O) groups is 1. The molecule has 3 rings (SSSR count). The molecule has 1 aromatic heterocycles. The minimum absolute atomic E-state index is 0.147. The van der Waals surface area contributed by atoms with Gasteiger partial charge in [-0.2, -0.15) is 0 Å². The van der Waals surface area contributed by atoms with Crippen molar-refractivity contribution in [2.75, 3.05) is 0 Å². The molecule has 0 aromatic carbocycles. The summed E-state index contributed by atoms with van der Waals surface area (Å²) in [5.74, 6) is 1.49. The summed E-state index contributed by atoms with van der Waals surface area (Å²) in [7, 11) is 0. The van der Waals surface area contributed by atoms with Crippen LogP contribution in [-0.2, 0) is 0 Å². The zero-order chi connectivity index (χ0) is 14.1. The first-order chi connectivity index (χ1) is 9.61. The minimum atomic E-state index is -0.147. The van der Waals surface area contributed by atoms with E-state index in [-0.39, 0.29) is 5.91 Å². The molecule has 3 N–H and O–H groups in total. The molecule has 1 heterocycles. The molecule has 2 fully saturated rings. The molecule has 2 aliphatic carbocycles. The molecule has 0 saturated heterocycles. The average Bonchev–Trinajstić information content (AvgIpc) is 3.12. The van der Waals surface area contributed by atoms with E-state index in [4.69, 9.17) is 12.2 Å².